The second-order valence-corrected chi connectivity index (χ2v) is 14.2. The monoisotopic (exact) mass is 472 g/mol. The zero-order valence-electron chi connectivity index (χ0n) is 22.7. The Kier molecular flexibility index (Phi) is 6.15. The average Bonchev–Trinajstić information content (AvgIpc) is 2.99. The van der Waals surface area contributed by atoms with Crippen LogP contribution in [0.3, 0.4) is 0 Å². The SMILES string of the molecule is C[C@H]([C@H](O)/C=C/C(C)(C)O)[C@H]1CC[C@@]2(C)[C@H]3C(=O)C=C4[C@H](CC[C@H](O)C4(C)C)[C@]3(C)CC[C@]12C. The zero-order chi connectivity index (χ0) is 25.5. The van der Waals surface area contributed by atoms with Crippen LogP contribution in [-0.2, 0) is 4.79 Å². The van der Waals surface area contributed by atoms with E-state index in [4.69, 9.17) is 0 Å². The first-order chi connectivity index (χ1) is 15.5. The molecule has 4 nitrogen and oxygen atoms in total. The maximum Gasteiger partial charge on any atom is 0.159 e. The molecule has 4 aliphatic carbocycles. The van der Waals surface area contributed by atoms with E-state index in [9.17, 15) is 20.1 Å². The van der Waals surface area contributed by atoms with Crippen molar-refractivity contribution in [1.82, 2.24) is 0 Å². The molecular weight excluding hydrogens is 424 g/mol. The lowest BCUT2D eigenvalue weighted by Gasteiger charge is -2.65. The maximum atomic E-state index is 14.0. The fourth-order valence-electron chi connectivity index (χ4n) is 9.12. The summed E-state index contributed by atoms with van der Waals surface area (Å²) in [7, 11) is 0. The number of aliphatic hydroxyl groups is 3. The molecule has 3 fully saturated rings. The summed E-state index contributed by atoms with van der Waals surface area (Å²) in [6, 6.07) is 0. The molecule has 34 heavy (non-hydrogen) atoms. The summed E-state index contributed by atoms with van der Waals surface area (Å²) in [6.07, 6.45) is 10.3. The number of ketones is 1. The van der Waals surface area contributed by atoms with Gasteiger partial charge in [0.2, 0.25) is 0 Å². The predicted molar refractivity (Wildman–Crippen MR) is 136 cm³/mol. The molecule has 9 atom stereocenters. The zero-order valence-corrected chi connectivity index (χ0v) is 22.7. The van der Waals surface area contributed by atoms with E-state index in [0.29, 0.717) is 11.8 Å². The Morgan fingerprint density at radius 2 is 1.68 bits per heavy atom. The number of rotatable bonds is 4. The van der Waals surface area contributed by atoms with Crippen molar-refractivity contribution in [2.24, 2.45) is 45.3 Å². The summed E-state index contributed by atoms with van der Waals surface area (Å²) < 4.78 is 0. The van der Waals surface area contributed by atoms with Crippen LogP contribution in [0.25, 0.3) is 0 Å². The summed E-state index contributed by atoms with van der Waals surface area (Å²) in [5.41, 5.74) is -0.329. The molecule has 0 aromatic heterocycles. The molecule has 0 spiro atoms. The van der Waals surface area contributed by atoms with Gasteiger partial charge in [0, 0.05) is 11.3 Å². The van der Waals surface area contributed by atoms with Gasteiger partial charge in [-0.1, -0.05) is 59.3 Å². The molecule has 0 aliphatic heterocycles. The Labute approximate surface area is 206 Å². The normalized spacial score (nSPS) is 45.9. The van der Waals surface area contributed by atoms with Crippen molar-refractivity contribution in [2.45, 2.75) is 112 Å². The third kappa shape index (κ3) is 3.61. The van der Waals surface area contributed by atoms with E-state index in [1.165, 1.54) is 5.57 Å². The standard InChI is InChI=1S/C30H48O4/c1-18(22(31)12-13-26(2,3)34)19-11-14-30(8)25-23(32)17-21-20(9-10-24(33)27(21,4)5)28(25,6)15-16-29(19,30)7/h12-13,17-20,22,24-25,31,33-34H,9-11,14-16H2,1-8H3/b13-12+/t18-,19+,20-,22+,24-,25-,28-,29+,30-/m0/s1. The second-order valence-electron chi connectivity index (χ2n) is 14.2. The summed E-state index contributed by atoms with van der Waals surface area (Å²) in [6.45, 7) is 16.9. The van der Waals surface area contributed by atoms with Crippen LogP contribution in [0.15, 0.2) is 23.8 Å². The quantitative estimate of drug-likeness (QED) is 0.475. The average molecular weight is 473 g/mol. The number of aliphatic hydroxyl groups excluding tert-OH is 2. The van der Waals surface area contributed by atoms with Crippen LogP contribution in [-0.4, -0.2) is 38.9 Å². The van der Waals surface area contributed by atoms with Gasteiger partial charge in [0.25, 0.3) is 0 Å². The molecule has 0 aromatic carbocycles. The maximum absolute atomic E-state index is 14.0. The highest BCUT2D eigenvalue weighted by atomic mass is 16.3. The second kappa shape index (κ2) is 8.02. The Morgan fingerprint density at radius 1 is 1.03 bits per heavy atom. The number of hydrogen-bond donors (Lipinski definition) is 3. The van der Waals surface area contributed by atoms with Gasteiger partial charge >= 0.3 is 0 Å². The van der Waals surface area contributed by atoms with Crippen molar-refractivity contribution in [1.29, 1.82) is 0 Å². The molecular formula is C30H48O4. The topological polar surface area (TPSA) is 77.8 Å². The van der Waals surface area contributed by atoms with Crippen molar-refractivity contribution in [2.75, 3.05) is 0 Å². The third-order valence-electron chi connectivity index (χ3n) is 11.5. The van der Waals surface area contributed by atoms with Gasteiger partial charge in [0.15, 0.2) is 5.78 Å². The van der Waals surface area contributed by atoms with Crippen LogP contribution in [0, 0.1) is 45.3 Å². The van der Waals surface area contributed by atoms with E-state index in [1.807, 2.05) is 6.08 Å². The summed E-state index contributed by atoms with van der Waals surface area (Å²) in [5.74, 6) is 0.987. The highest BCUT2D eigenvalue weighted by Gasteiger charge is 2.69. The third-order valence-corrected chi connectivity index (χ3v) is 11.5. The molecule has 0 aromatic rings. The molecule has 3 N–H and O–H groups in total. The minimum absolute atomic E-state index is 0.0141. The van der Waals surface area contributed by atoms with Gasteiger partial charge in [0.1, 0.15) is 0 Å². The fourth-order valence-corrected chi connectivity index (χ4v) is 9.12. The summed E-state index contributed by atoms with van der Waals surface area (Å²) >= 11 is 0. The number of hydrogen-bond acceptors (Lipinski definition) is 4. The smallest absolute Gasteiger partial charge is 0.159 e. The first kappa shape index (κ1) is 26.1. The van der Waals surface area contributed by atoms with E-state index in [2.05, 4.69) is 41.5 Å². The molecule has 0 heterocycles. The Balaban J connectivity index is 1.69. The highest BCUT2D eigenvalue weighted by Crippen LogP contribution is 2.74. The molecule has 0 saturated heterocycles. The first-order valence-corrected chi connectivity index (χ1v) is 13.5. The lowest BCUT2D eigenvalue weighted by atomic mass is 9.39. The van der Waals surface area contributed by atoms with Gasteiger partial charge in [-0.2, -0.15) is 0 Å². The first-order valence-electron chi connectivity index (χ1n) is 13.5. The molecule has 0 radical (unpaired) electrons. The molecule has 192 valence electrons. The Morgan fingerprint density at radius 3 is 2.29 bits per heavy atom. The number of fused-ring (bicyclic) bond motifs is 5. The van der Waals surface area contributed by atoms with Crippen LogP contribution in [0.1, 0.15) is 93.9 Å². The van der Waals surface area contributed by atoms with Gasteiger partial charge in [-0.05, 0) is 92.4 Å². The van der Waals surface area contributed by atoms with Gasteiger partial charge in [-0.25, -0.2) is 0 Å². The van der Waals surface area contributed by atoms with E-state index < -0.39 is 11.7 Å². The van der Waals surface area contributed by atoms with Gasteiger partial charge in [0.05, 0.1) is 17.8 Å². The number of allylic oxidation sites excluding steroid dienone is 1. The predicted octanol–water partition coefficient (Wildman–Crippen LogP) is 5.46. The summed E-state index contributed by atoms with van der Waals surface area (Å²) in [4.78, 5) is 14.0. The van der Waals surface area contributed by atoms with Crippen LogP contribution in [0.2, 0.25) is 0 Å². The van der Waals surface area contributed by atoms with E-state index in [-0.39, 0.29) is 45.4 Å². The largest absolute Gasteiger partial charge is 0.392 e. The van der Waals surface area contributed by atoms with Crippen molar-refractivity contribution in [3.63, 3.8) is 0 Å². The van der Waals surface area contributed by atoms with Crippen molar-refractivity contribution in [3.8, 4) is 0 Å². The lowest BCUT2D eigenvalue weighted by molar-refractivity contribution is -0.165. The van der Waals surface area contributed by atoms with Gasteiger partial charge in [-0.15, -0.1) is 0 Å². The van der Waals surface area contributed by atoms with Crippen molar-refractivity contribution >= 4 is 5.78 Å². The molecule has 0 bridgehead atoms. The molecule has 4 heteroatoms. The Hall–Kier alpha value is -0.970. The van der Waals surface area contributed by atoms with E-state index >= 15 is 0 Å². The van der Waals surface area contributed by atoms with E-state index in [0.717, 1.165) is 38.5 Å². The minimum atomic E-state index is -0.943. The van der Waals surface area contributed by atoms with Gasteiger partial charge < -0.3 is 15.3 Å². The fraction of sp³-hybridized carbons (Fsp3) is 0.833. The molecule has 0 amide bonds. The molecule has 0 unspecified atom stereocenters. The molecule has 4 rings (SSSR count). The van der Waals surface area contributed by atoms with E-state index in [1.54, 1.807) is 26.0 Å². The Bertz CT molecular complexity index is 894. The van der Waals surface area contributed by atoms with Crippen LogP contribution in [0.4, 0.5) is 0 Å². The highest BCUT2D eigenvalue weighted by molar-refractivity contribution is 5.95. The van der Waals surface area contributed by atoms with Crippen molar-refractivity contribution < 1.29 is 20.1 Å². The van der Waals surface area contributed by atoms with Crippen molar-refractivity contribution in [3.05, 3.63) is 23.8 Å². The van der Waals surface area contributed by atoms with Crippen LogP contribution in [0.5, 0.6) is 0 Å². The van der Waals surface area contributed by atoms with Gasteiger partial charge in [-0.3, -0.25) is 4.79 Å². The number of carbonyl (C=O) groups excluding carboxylic acids is 1. The summed E-state index contributed by atoms with van der Waals surface area (Å²) in [5, 5.41) is 31.8. The minimum Gasteiger partial charge on any atom is -0.392 e. The molecule has 3 saturated carbocycles. The van der Waals surface area contributed by atoms with Crippen LogP contribution >= 0.6 is 0 Å². The lowest BCUT2D eigenvalue weighted by Crippen LogP contribution is -2.62. The number of carbonyl (C=O) groups is 1. The van der Waals surface area contributed by atoms with Crippen LogP contribution < -0.4 is 0 Å². The molecule has 4 aliphatic rings.